The number of aliphatic hydroxyl groups excluding tert-OH is 1. The maximum atomic E-state index is 12.7. The summed E-state index contributed by atoms with van der Waals surface area (Å²) in [6.07, 6.45) is 3.36. The number of rotatable bonds is 8. The molecule has 0 radical (unpaired) electrons. The van der Waals surface area contributed by atoms with Crippen molar-refractivity contribution in [3.63, 3.8) is 0 Å². The number of hydrogen-bond donors (Lipinski definition) is 1. The molecule has 3 rings (SSSR count). The fraction of sp³-hybridized carbons (Fsp3) is 0.261. The predicted octanol–water partition coefficient (Wildman–Crippen LogP) is 3.17. The molecule has 1 N–H and O–H groups in total. The van der Waals surface area contributed by atoms with Crippen molar-refractivity contribution in [3.05, 3.63) is 71.8 Å². The van der Waals surface area contributed by atoms with Crippen LogP contribution < -0.4 is 9.80 Å². The van der Waals surface area contributed by atoms with Crippen LogP contribution >= 0.6 is 0 Å². The molecule has 29 heavy (non-hydrogen) atoms. The quantitative estimate of drug-likeness (QED) is 0.428. The van der Waals surface area contributed by atoms with Gasteiger partial charge in [-0.25, -0.2) is 0 Å². The summed E-state index contributed by atoms with van der Waals surface area (Å²) in [6.45, 7) is 9.76. The number of fused-ring (bicyclic) bond motifs is 1. The zero-order valence-electron chi connectivity index (χ0n) is 16.9. The van der Waals surface area contributed by atoms with E-state index in [1.54, 1.807) is 17.2 Å². The van der Waals surface area contributed by atoms with Crippen molar-refractivity contribution in [1.82, 2.24) is 0 Å². The summed E-state index contributed by atoms with van der Waals surface area (Å²) < 4.78 is 0. The van der Waals surface area contributed by atoms with Gasteiger partial charge in [-0.2, -0.15) is 5.10 Å². The Morgan fingerprint density at radius 2 is 2.03 bits per heavy atom. The van der Waals surface area contributed by atoms with Crippen molar-refractivity contribution in [2.45, 2.75) is 13.8 Å². The average molecular weight is 390 g/mol. The Morgan fingerprint density at radius 3 is 2.72 bits per heavy atom. The largest absolute Gasteiger partial charge is 0.395 e. The molecule has 0 aromatic heterocycles. The second-order valence-corrected chi connectivity index (χ2v) is 6.76. The number of likely N-dealkylation sites (N-methyl/N-ethyl adjacent to an activating group) is 1. The lowest BCUT2D eigenvalue weighted by atomic mass is 10.1. The Kier molecular flexibility index (Phi) is 6.57. The van der Waals surface area contributed by atoms with Gasteiger partial charge in [0.15, 0.2) is 5.71 Å². The molecule has 2 aromatic carbocycles. The molecule has 1 aliphatic heterocycles. The first kappa shape index (κ1) is 20.5. The zero-order valence-corrected chi connectivity index (χ0v) is 16.9. The molecule has 1 heterocycles. The molecule has 2 aromatic rings. The molecular weight excluding hydrogens is 364 g/mol. The van der Waals surface area contributed by atoms with E-state index in [0.29, 0.717) is 18.8 Å². The number of hydrogen-bond acceptors (Lipinski definition) is 5. The third-order valence-electron chi connectivity index (χ3n) is 4.93. The molecule has 0 bridgehead atoms. The topological polar surface area (TPSA) is 68.5 Å². The first-order valence-electron chi connectivity index (χ1n) is 9.70. The minimum absolute atomic E-state index is 0.117. The number of para-hydroxylation sites is 1. The van der Waals surface area contributed by atoms with E-state index < -0.39 is 0 Å². The van der Waals surface area contributed by atoms with Gasteiger partial charge in [-0.3, -0.25) is 4.79 Å². The van der Waals surface area contributed by atoms with Crippen LogP contribution in [0.5, 0.6) is 0 Å². The Morgan fingerprint density at radius 1 is 1.24 bits per heavy atom. The van der Waals surface area contributed by atoms with Crippen LogP contribution in [0.2, 0.25) is 0 Å². The van der Waals surface area contributed by atoms with Crippen LogP contribution in [0.4, 0.5) is 11.4 Å². The summed E-state index contributed by atoms with van der Waals surface area (Å²) in [7, 11) is 0. The molecule has 0 spiro atoms. The molecule has 0 atom stereocenters. The highest BCUT2D eigenvalue weighted by Gasteiger charge is 2.32. The smallest absolute Gasteiger partial charge is 0.279 e. The van der Waals surface area contributed by atoms with Crippen LogP contribution in [0.15, 0.2) is 65.3 Å². The highest BCUT2D eigenvalue weighted by Crippen LogP contribution is 2.29. The summed E-state index contributed by atoms with van der Waals surface area (Å²) in [5, 5.41) is 17.6. The fourth-order valence-corrected chi connectivity index (χ4v) is 3.41. The second kappa shape index (κ2) is 9.30. The number of aliphatic hydroxyl groups is 1. The van der Waals surface area contributed by atoms with E-state index in [4.69, 9.17) is 0 Å². The maximum Gasteiger partial charge on any atom is 0.279 e. The van der Waals surface area contributed by atoms with E-state index in [0.717, 1.165) is 34.6 Å². The molecule has 150 valence electrons. The van der Waals surface area contributed by atoms with Crippen molar-refractivity contribution >= 4 is 29.2 Å². The zero-order chi connectivity index (χ0) is 20.8. The van der Waals surface area contributed by atoms with Crippen LogP contribution in [0, 0.1) is 6.92 Å². The van der Waals surface area contributed by atoms with Crippen molar-refractivity contribution < 1.29 is 9.90 Å². The van der Waals surface area contributed by atoms with E-state index >= 15 is 0 Å². The van der Waals surface area contributed by atoms with E-state index in [-0.39, 0.29) is 12.5 Å². The molecule has 6 heteroatoms. The normalized spacial score (nSPS) is 14.7. The number of benzene rings is 2. The number of amides is 1. The van der Waals surface area contributed by atoms with Crippen LogP contribution in [-0.4, -0.2) is 49.2 Å². The van der Waals surface area contributed by atoms with Gasteiger partial charge < -0.3 is 14.9 Å². The van der Waals surface area contributed by atoms with Crippen LogP contribution in [0.25, 0.3) is 0 Å². The summed E-state index contributed by atoms with van der Waals surface area (Å²) in [4.78, 5) is 16.5. The number of aryl methyl sites for hydroxylation is 1. The number of nitrogens with zero attached hydrogens (tertiary/aromatic N) is 4. The monoisotopic (exact) mass is 390 g/mol. The highest BCUT2D eigenvalue weighted by atomic mass is 16.3. The Bertz CT molecular complexity index is 965. The van der Waals surface area contributed by atoms with Gasteiger partial charge in [0.05, 0.1) is 18.5 Å². The Hall–Kier alpha value is -3.25. The first-order valence-corrected chi connectivity index (χ1v) is 9.70. The van der Waals surface area contributed by atoms with Gasteiger partial charge in [0.2, 0.25) is 0 Å². The lowest BCUT2D eigenvalue weighted by molar-refractivity contribution is -0.112. The SMILES string of the molecule is C=CCN1C(=O)/C(=N\N=C/c2ccc(N(CC)CCO)cc2C)c2ccccc21. The molecule has 1 aliphatic rings. The second-order valence-electron chi connectivity index (χ2n) is 6.76. The van der Waals surface area contributed by atoms with E-state index in [2.05, 4.69) is 34.7 Å². The summed E-state index contributed by atoms with van der Waals surface area (Å²) in [5.74, 6) is -0.169. The number of carbonyl (C=O) groups excluding carboxylic acids is 1. The summed E-state index contributed by atoms with van der Waals surface area (Å²) in [6, 6.07) is 13.6. The van der Waals surface area contributed by atoms with Gasteiger partial charge in [0, 0.05) is 30.9 Å². The number of carbonyl (C=O) groups is 1. The van der Waals surface area contributed by atoms with Crippen LogP contribution in [0.3, 0.4) is 0 Å². The van der Waals surface area contributed by atoms with Gasteiger partial charge in [0.1, 0.15) is 0 Å². The van der Waals surface area contributed by atoms with Crippen LogP contribution in [-0.2, 0) is 4.79 Å². The molecule has 1 amide bonds. The van der Waals surface area contributed by atoms with E-state index in [1.165, 1.54) is 0 Å². The molecule has 0 saturated carbocycles. The summed E-state index contributed by atoms with van der Waals surface area (Å²) >= 11 is 0. The van der Waals surface area contributed by atoms with Gasteiger partial charge in [-0.05, 0) is 43.2 Å². The summed E-state index contributed by atoms with van der Waals surface area (Å²) in [5.41, 5.74) is 4.99. The van der Waals surface area contributed by atoms with Gasteiger partial charge in [-0.15, -0.1) is 11.7 Å². The van der Waals surface area contributed by atoms with Gasteiger partial charge in [-0.1, -0.05) is 30.3 Å². The lowest BCUT2D eigenvalue weighted by Gasteiger charge is -2.22. The Balaban J connectivity index is 1.84. The molecule has 0 fully saturated rings. The maximum absolute atomic E-state index is 12.7. The average Bonchev–Trinajstić information content (AvgIpc) is 2.99. The molecular formula is C23H26N4O2. The molecule has 6 nitrogen and oxygen atoms in total. The highest BCUT2D eigenvalue weighted by molar-refractivity contribution is 6.54. The predicted molar refractivity (Wildman–Crippen MR) is 119 cm³/mol. The van der Waals surface area contributed by atoms with Gasteiger partial charge in [0.25, 0.3) is 5.91 Å². The molecule has 0 aliphatic carbocycles. The third-order valence-corrected chi connectivity index (χ3v) is 4.93. The minimum Gasteiger partial charge on any atom is -0.395 e. The number of anilines is 2. The van der Waals surface area contributed by atoms with Crippen molar-refractivity contribution in [2.24, 2.45) is 10.2 Å². The van der Waals surface area contributed by atoms with E-state index in [9.17, 15) is 9.90 Å². The first-order chi connectivity index (χ1) is 14.1. The van der Waals surface area contributed by atoms with Crippen molar-refractivity contribution in [3.8, 4) is 0 Å². The molecule has 0 unspecified atom stereocenters. The fourth-order valence-electron chi connectivity index (χ4n) is 3.41. The van der Waals surface area contributed by atoms with Crippen molar-refractivity contribution in [1.29, 1.82) is 0 Å². The third kappa shape index (κ3) is 4.27. The van der Waals surface area contributed by atoms with E-state index in [1.807, 2.05) is 43.3 Å². The standard InChI is InChI=1S/C23H26N4O2/c1-4-12-27-21-9-7-6-8-20(21)22(23(27)29)25-24-16-18-10-11-19(15-17(18)3)26(5-2)13-14-28/h4,6-11,15-16,28H,1,5,12-14H2,2-3H3/b24-16-,25-22-. The van der Waals surface area contributed by atoms with Gasteiger partial charge >= 0.3 is 0 Å². The minimum atomic E-state index is -0.169. The van der Waals surface area contributed by atoms with Crippen molar-refractivity contribution in [2.75, 3.05) is 36.0 Å². The molecule has 0 saturated heterocycles. The lowest BCUT2D eigenvalue weighted by Crippen LogP contribution is -2.30. The Labute approximate surface area is 171 Å². The van der Waals surface area contributed by atoms with Crippen LogP contribution in [0.1, 0.15) is 23.6 Å².